The summed E-state index contributed by atoms with van der Waals surface area (Å²) in [6.07, 6.45) is 2.53. The molecule has 1 heterocycles. The number of nitrogens with zero attached hydrogens (tertiary/aromatic N) is 1. The standard InChI is InChI=1S/C12H14FN3S2/c13-10-3-1-2-4-11(10)18-8-9(16-14)7-12-15-5-6-17-12/h1-6,9,16H,7-8,14H2. The minimum atomic E-state index is -0.187. The van der Waals surface area contributed by atoms with E-state index in [1.807, 2.05) is 11.4 Å². The Labute approximate surface area is 114 Å². The zero-order valence-corrected chi connectivity index (χ0v) is 11.3. The Morgan fingerprint density at radius 2 is 2.28 bits per heavy atom. The monoisotopic (exact) mass is 283 g/mol. The molecule has 2 rings (SSSR count). The van der Waals surface area contributed by atoms with Crippen LogP contribution >= 0.6 is 23.1 Å². The number of nitrogens with two attached hydrogens (primary N) is 1. The topological polar surface area (TPSA) is 50.9 Å². The SMILES string of the molecule is NNC(CSc1ccccc1F)Cc1nccs1. The van der Waals surface area contributed by atoms with E-state index in [0.29, 0.717) is 10.6 Å². The lowest BCUT2D eigenvalue weighted by Gasteiger charge is -2.14. The van der Waals surface area contributed by atoms with Crippen LogP contribution in [0.25, 0.3) is 0 Å². The van der Waals surface area contributed by atoms with Crippen LogP contribution in [-0.2, 0) is 6.42 Å². The molecular formula is C12H14FN3S2. The van der Waals surface area contributed by atoms with E-state index >= 15 is 0 Å². The number of hydrogen-bond donors (Lipinski definition) is 2. The van der Waals surface area contributed by atoms with Gasteiger partial charge in [0, 0.05) is 34.7 Å². The van der Waals surface area contributed by atoms with E-state index in [9.17, 15) is 4.39 Å². The zero-order valence-electron chi connectivity index (χ0n) is 9.67. The van der Waals surface area contributed by atoms with Crippen molar-refractivity contribution in [2.75, 3.05) is 5.75 Å². The molecule has 0 amide bonds. The first-order valence-corrected chi connectivity index (χ1v) is 7.38. The molecule has 0 saturated heterocycles. The zero-order chi connectivity index (χ0) is 12.8. The average Bonchev–Trinajstić information content (AvgIpc) is 2.89. The minimum absolute atomic E-state index is 0.0840. The third kappa shape index (κ3) is 3.78. The predicted octanol–water partition coefficient (Wildman–Crippen LogP) is 2.45. The van der Waals surface area contributed by atoms with Gasteiger partial charge in [0.2, 0.25) is 0 Å². The fourth-order valence-electron chi connectivity index (χ4n) is 1.48. The summed E-state index contributed by atoms with van der Waals surface area (Å²) in [6.45, 7) is 0. The number of rotatable bonds is 6. The minimum Gasteiger partial charge on any atom is -0.271 e. The Hall–Kier alpha value is -0.950. The molecule has 3 N–H and O–H groups in total. The number of benzene rings is 1. The molecule has 1 unspecified atom stereocenters. The highest BCUT2D eigenvalue weighted by Crippen LogP contribution is 2.22. The number of hydrogen-bond acceptors (Lipinski definition) is 5. The lowest BCUT2D eigenvalue weighted by molar-refractivity contribution is 0.572. The van der Waals surface area contributed by atoms with Crippen LogP contribution in [0.2, 0.25) is 0 Å². The maximum Gasteiger partial charge on any atom is 0.136 e. The molecular weight excluding hydrogens is 269 g/mol. The van der Waals surface area contributed by atoms with Crippen molar-refractivity contribution in [3.63, 3.8) is 0 Å². The fourth-order valence-corrected chi connectivity index (χ4v) is 3.16. The van der Waals surface area contributed by atoms with E-state index in [4.69, 9.17) is 5.84 Å². The van der Waals surface area contributed by atoms with Crippen LogP contribution in [0.4, 0.5) is 4.39 Å². The molecule has 0 aliphatic heterocycles. The second-order valence-electron chi connectivity index (χ2n) is 3.73. The molecule has 0 spiro atoms. The third-order valence-corrected chi connectivity index (χ3v) is 4.43. The molecule has 0 radical (unpaired) electrons. The van der Waals surface area contributed by atoms with Crippen LogP contribution < -0.4 is 11.3 Å². The summed E-state index contributed by atoms with van der Waals surface area (Å²) >= 11 is 3.06. The summed E-state index contributed by atoms with van der Waals surface area (Å²) in [5.41, 5.74) is 2.75. The molecule has 0 saturated carbocycles. The molecule has 6 heteroatoms. The number of thioether (sulfide) groups is 1. The normalized spacial score (nSPS) is 12.6. The van der Waals surface area contributed by atoms with Gasteiger partial charge in [-0.1, -0.05) is 12.1 Å². The van der Waals surface area contributed by atoms with Crippen molar-refractivity contribution in [3.05, 3.63) is 46.7 Å². The van der Waals surface area contributed by atoms with Gasteiger partial charge in [0.15, 0.2) is 0 Å². The lowest BCUT2D eigenvalue weighted by atomic mass is 10.2. The quantitative estimate of drug-likeness (QED) is 0.486. The van der Waals surface area contributed by atoms with Gasteiger partial charge in [0.05, 0.1) is 5.01 Å². The van der Waals surface area contributed by atoms with Crippen molar-refractivity contribution in [2.45, 2.75) is 17.4 Å². The van der Waals surface area contributed by atoms with E-state index in [1.165, 1.54) is 17.8 Å². The van der Waals surface area contributed by atoms with Crippen LogP contribution in [0.3, 0.4) is 0 Å². The maximum atomic E-state index is 13.4. The van der Waals surface area contributed by atoms with Gasteiger partial charge in [-0.2, -0.15) is 0 Å². The van der Waals surface area contributed by atoms with Crippen molar-refractivity contribution >= 4 is 23.1 Å². The first kappa shape index (κ1) is 13.5. The smallest absolute Gasteiger partial charge is 0.136 e. The van der Waals surface area contributed by atoms with Crippen molar-refractivity contribution in [2.24, 2.45) is 5.84 Å². The van der Waals surface area contributed by atoms with Crippen LogP contribution in [0.15, 0.2) is 40.7 Å². The van der Waals surface area contributed by atoms with E-state index in [1.54, 1.807) is 29.7 Å². The largest absolute Gasteiger partial charge is 0.271 e. The molecule has 0 aliphatic carbocycles. The number of halogens is 1. The Balaban J connectivity index is 1.89. The summed E-state index contributed by atoms with van der Waals surface area (Å²) in [7, 11) is 0. The van der Waals surface area contributed by atoms with Crippen molar-refractivity contribution in [1.29, 1.82) is 0 Å². The third-order valence-electron chi connectivity index (χ3n) is 2.42. The number of hydrazine groups is 1. The van der Waals surface area contributed by atoms with Gasteiger partial charge in [-0.25, -0.2) is 9.37 Å². The Morgan fingerprint density at radius 1 is 1.44 bits per heavy atom. The molecule has 1 atom stereocenters. The van der Waals surface area contributed by atoms with E-state index < -0.39 is 0 Å². The van der Waals surface area contributed by atoms with Crippen LogP contribution in [0, 0.1) is 5.82 Å². The molecule has 96 valence electrons. The highest BCUT2D eigenvalue weighted by atomic mass is 32.2. The molecule has 2 aromatic rings. The second-order valence-corrected chi connectivity index (χ2v) is 5.78. The van der Waals surface area contributed by atoms with Gasteiger partial charge in [0.1, 0.15) is 5.82 Å². The number of thiazole rings is 1. The number of nitrogens with one attached hydrogen (secondary N) is 1. The van der Waals surface area contributed by atoms with E-state index in [-0.39, 0.29) is 11.9 Å². The maximum absolute atomic E-state index is 13.4. The summed E-state index contributed by atoms with van der Waals surface area (Å²) in [4.78, 5) is 4.87. The van der Waals surface area contributed by atoms with Gasteiger partial charge in [-0.05, 0) is 12.1 Å². The molecule has 1 aromatic carbocycles. The Bertz CT molecular complexity index is 476. The van der Waals surface area contributed by atoms with Crippen molar-refractivity contribution in [3.8, 4) is 0 Å². The van der Waals surface area contributed by atoms with Crippen molar-refractivity contribution in [1.82, 2.24) is 10.4 Å². The van der Waals surface area contributed by atoms with Gasteiger partial charge in [-0.3, -0.25) is 11.3 Å². The summed E-state index contributed by atoms with van der Waals surface area (Å²) in [6, 6.07) is 6.84. The highest BCUT2D eigenvalue weighted by Gasteiger charge is 2.11. The fraction of sp³-hybridized carbons (Fsp3) is 0.250. The summed E-state index contributed by atoms with van der Waals surface area (Å²) in [5, 5.41) is 2.97. The second kappa shape index (κ2) is 6.84. The van der Waals surface area contributed by atoms with Crippen LogP contribution in [-0.4, -0.2) is 16.8 Å². The first-order chi connectivity index (χ1) is 8.79. The van der Waals surface area contributed by atoms with Gasteiger partial charge in [0.25, 0.3) is 0 Å². The van der Waals surface area contributed by atoms with E-state index in [2.05, 4.69) is 10.4 Å². The predicted molar refractivity (Wildman–Crippen MR) is 74.1 cm³/mol. The van der Waals surface area contributed by atoms with Gasteiger partial charge < -0.3 is 0 Å². The number of aromatic nitrogens is 1. The molecule has 1 aromatic heterocycles. The van der Waals surface area contributed by atoms with E-state index in [0.717, 1.165) is 11.4 Å². The van der Waals surface area contributed by atoms with Crippen LogP contribution in [0.1, 0.15) is 5.01 Å². The average molecular weight is 283 g/mol. The molecule has 0 fully saturated rings. The Morgan fingerprint density at radius 3 is 2.94 bits per heavy atom. The van der Waals surface area contributed by atoms with Gasteiger partial charge >= 0.3 is 0 Å². The molecule has 3 nitrogen and oxygen atoms in total. The van der Waals surface area contributed by atoms with Crippen molar-refractivity contribution < 1.29 is 4.39 Å². The first-order valence-electron chi connectivity index (χ1n) is 5.51. The lowest BCUT2D eigenvalue weighted by Crippen LogP contribution is -2.38. The summed E-state index contributed by atoms with van der Waals surface area (Å²) in [5.74, 6) is 6.03. The molecule has 18 heavy (non-hydrogen) atoms. The molecule has 0 bridgehead atoms. The highest BCUT2D eigenvalue weighted by molar-refractivity contribution is 7.99. The van der Waals surface area contributed by atoms with Crippen LogP contribution in [0.5, 0.6) is 0 Å². The Kier molecular flexibility index (Phi) is 5.12. The van der Waals surface area contributed by atoms with Gasteiger partial charge in [-0.15, -0.1) is 23.1 Å². The summed E-state index contributed by atoms with van der Waals surface area (Å²) < 4.78 is 13.4. The molecule has 0 aliphatic rings.